The minimum atomic E-state index is -4.64. The molecule has 0 fully saturated rings. The van der Waals surface area contributed by atoms with E-state index in [4.69, 9.17) is 0 Å². The summed E-state index contributed by atoms with van der Waals surface area (Å²) in [6, 6.07) is 12.3. The van der Waals surface area contributed by atoms with Crippen LogP contribution in [-0.2, 0) is 4.79 Å². The maximum absolute atomic E-state index is 13.7. The van der Waals surface area contributed by atoms with Crippen molar-refractivity contribution >= 4 is 23.0 Å². The van der Waals surface area contributed by atoms with E-state index in [2.05, 4.69) is 10.4 Å². The van der Waals surface area contributed by atoms with Gasteiger partial charge in [0.15, 0.2) is 0 Å². The summed E-state index contributed by atoms with van der Waals surface area (Å²) in [7, 11) is 0. The lowest BCUT2D eigenvalue weighted by atomic mass is 10.1. The number of alkyl halides is 3. The zero-order chi connectivity index (χ0) is 18.0. The molecule has 0 radical (unpaired) electrons. The van der Waals surface area contributed by atoms with Gasteiger partial charge in [-0.3, -0.25) is 9.80 Å². The van der Waals surface area contributed by atoms with Crippen LogP contribution in [0.2, 0.25) is 0 Å². The summed E-state index contributed by atoms with van der Waals surface area (Å²) in [6.07, 6.45) is -5.25. The Kier molecular flexibility index (Phi) is 4.43. The van der Waals surface area contributed by atoms with Gasteiger partial charge in [0.25, 0.3) is 0 Å². The van der Waals surface area contributed by atoms with Crippen LogP contribution in [0.25, 0.3) is 0 Å². The van der Waals surface area contributed by atoms with Gasteiger partial charge < -0.3 is 5.32 Å². The molecule has 2 aromatic rings. The van der Waals surface area contributed by atoms with Gasteiger partial charge in [-0.1, -0.05) is 30.3 Å². The van der Waals surface area contributed by atoms with Gasteiger partial charge in [0.1, 0.15) is 17.6 Å². The fourth-order valence-corrected chi connectivity index (χ4v) is 2.48. The number of anilines is 2. The van der Waals surface area contributed by atoms with Crippen molar-refractivity contribution in [1.82, 2.24) is 0 Å². The number of hydrazone groups is 1. The van der Waals surface area contributed by atoms with Crippen LogP contribution in [0.15, 0.2) is 59.7 Å². The van der Waals surface area contributed by atoms with Crippen molar-refractivity contribution in [3.05, 3.63) is 60.4 Å². The summed E-state index contributed by atoms with van der Waals surface area (Å²) in [5.74, 6) is -1.44. The minimum absolute atomic E-state index is 0.0963. The molecule has 3 rings (SSSR count). The normalized spacial score (nSPS) is 17.4. The lowest BCUT2D eigenvalue weighted by molar-refractivity contribution is -0.117. The topological polar surface area (TPSA) is 44.7 Å². The number of carbonyl (C=O) groups excluding carboxylic acids is 1. The average Bonchev–Trinajstić information content (AvgIpc) is 3.03. The Hall–Kier alpha value is -2.90. The summed E-state index contributed by atoms with van der Waals surface area (Å²) in [4.78, 5) is 12.5. The number of rotatable bonds is 3. The smallest absolute Gasteiger partial charge is 0.322 e. The van der Waals surface area contributed by atoms with Crippen molar-refractivity contribution in [3.8, 4) is 0 Å². The van der Waals surface area contributed by atoms with E-state index in [1.807, 2.05) is 0 Å². The van der Waals surface area contributed by atoms with Gasteiger partial charge in [-0.15, -0.1) is 0 Å². The molecular weight excluding hydrogens is 338 g/mol. The summed E-state index contributed by atoms with van der Waals surface area (Å²) in [6.45, 7) is 0. The van der Waals surface area contributed by atoms with E-state index in [9.17, 15) is 22.4 Å². The van der Waals surface area contributed by atoms with Gasteiger partial charge in [-0.2, -0.15) is 18.3 Å². The average molecular weight is 351 g/mol. The van der Waals surface area contributed by atoms with Crippen molar-refractivity contribution in [2.45, 2.75) is 18.6 Å². The van der Waals surface area contributed by atoms with E-state index in [1.54, 1.807) is 30.3 Å². The molecule has 0 saturated heterocycles. The van der Waals surface area contributed by atoms with Gasteiger partial charge in [0.05, 0.1) is 11.4 Å². The first-order chi connectivity index (χ1) is 11.9. The zero-order valence-corrected chi connectivity index (χ0v) is 12.8. The monoisotopic (exact) mass is 351 g/mol. The Morgan fingerprint density at radius 1 is 1.08 bits per heavy atom. The molecular formula is C17H13F4N3O. The van der Waals surface area contributed by atoms with E-state index in [-0.39, 0.29) is 5.69 Å². The van der Waals surface area contributed by atoms with Crippen molar-refractivity contribution in [2.75, 3.05) is 10.3 Å². The summed E-state index contributed by atoms with van der Waals surface area (Å²) < 4.78 is 52.8. The third-order valence-electron chi connectivity index (χ3n) is 3.69. The second-order valence-corrected chi connectivity index (χ2v) is 5.41. The molecule has 25 heavy (non-hydrogen) atoms. The van der Waals surface area contributed by atoms with Gasteiger partial charge in [0, 0.05) is 6.42 Å². The molecule has 8 heteroatoms. The maximum Gasteiger partial charge on any atom is 0.431 e. The highest BCUT2D eigenvalue weighted by atomic mass is 19.4. The molecule has 1 N–H and O–H groups in total. The van der Waals surface area contributed by atoms with Gasteiger partial charge in [-0.25, -0.2) is 4.39 Å². The van der Waals surface area contributed by atoms with Gasteiger partial charge >= 0.3 is 6.18 Å². The molecule has 4 nitrogen and oxygen atoms in total. The second kappa shape index (κ2) is 6.54. The molecule has 1 aliphatic rings. The number of benzene rings is 2. The van der Waals surface area contributed by atoms with Crippen LogP contribution in [0.3, 0.4) is 0 Å². The Morgan fingerprint density at radius 2 is 1.72 bits per heavy atom. The fourth-order valence-electron chi connectivity index (χ4n) is 2.48. The summed E-state index contributed by atoms with van der Waals surface area (Å²) in [5, 5.41) is 6.91. The van der Waals surface area contributed by atoms with Crippen LogP contribution >= 0.6 is 0 Å². The molecule has 0 saturated carbocycles. The van der Waals surface area contributed by atoms with E-state index < -0.39 is 36.1 Å². The number of hydrogen-bond donors (Lipinski definition) is 1. The molecule has 1 amide bonds. The molecule has 1 unspecified atom stereocenters. The van der Waals surface area contributed by atoms with E-state index in [0.29, 0.717) is 5.69 Å². The van der Waals surface area contributed by atoms with E-state index in [0.717, 1.165) is 11.1 Å². The molecule has 1 atom stereocenters. The molecule has 0 aliphatic carbocycles. The predicted octanol–water partition coefficient (Wildman–Crippen LogP) is 3.96. The molecule has 2 aromatic carbocycles. The first-order valence-electron chi connectivity index (χ1n) is 7.40. The SMILES string of the molecule is O=C(Nc1ccccc1F)C1CC(C(F)(F)F)=NN1c1ccccc1. The lowest BCUT2D eigenvalue weighted by Gasteiger charge is -2.22. The summed E-state index contributed by atoms with van der Waals surface area (Å²) >= 11 is 0. The predicted molar refractivity (Wildman–Crippen MR) is 85.8 cm³/mol. The molecule has 0 spiro atoms. The Balaban J connectivity index is 1.88. The Bertz CT molecular complexity index is 805. The number of para-hydroxylation sites is 2. The van der Waals surface area contributed by atoms with E-state index in [1.165, 1.54) is 18.2 Å². The van der Waals surface area contributed by atoms with Crippen LogP contribution < -0.4 is 10.3 Å². The van der Waals surface area contributed by atoms with Crippen LogP contribution in [-0.4, -0.2) is 23.8 Å². The number of nitrogens with one attached hydrogen (secondary N) is 1. The first-order valence-corrected chi connectivity index (χ1v) is 7.40. The maximum atomic E-state index is 13.7. The highest BCUT2D eigenvalue weighted by Crippen LogP contribution is 2.31. The van der Waals surface area contributed by atoms with Crippen LogP contribution in [0, 0.1) is 5.82 Å². The highest BCUT2D eigenvalue weighted by molar-refractivity contribution is 6.04. The lowest BCUT2D eigenvalue weighted by Crippen LogP contribution is -2.39. The molecule has 1 aliphatic heterocycles. The zero-order valence-electron chi connectivity index (χ0n) is 12.8. The number of halogens is 4. The summed E-state index contributed by atoms with van der Waals surface area (Å²) in [5.41, 5.74) is -0.804. The molecule has 0 aromatic heterocycles. The number of amides is 1. The third-order valence-corrected chi connectivity index (χ3v) is 3.69. The number of nitrogens with zero attached hydrogens (tertiary/aromatic N) is 2. The number of hydrogen-bond acceptors (Lipinski definition) is 3. The first kappa shape index (κ1) is 16.9. The van der Waals surface area contributed by atoms with Gasteiger partial charge in [0.2, 0.25) is 5.91 Å². The van der Waals surface area contributed by atoms with Crippen molar-refractivity contribution in [1.29, 1.82) is 0 Å². The standard InChI is InChI=1S/C17H13F4N3O/c18-12-8-4-5-9-13(12)22-16(25)14-10-15(17(19,20)21)23-24(14)11-6-2-1-3-7-11/h1-9,14H,10H2,(H,22,25). The van der Waals surface area contributed by atoms with Crippen molar-refractivity contribution in [3.63, 3.8) is 0 Å². The molecule has 130 valence electrons. The largest absolute Gasteiger partial charge is 0.431 e. The minimum Gasteiger partial charge on any atom is -0.322 e. The molecule has 1 heterocycles. The van der Waals surface area contributed by atoms with Crippen LogP contribution in [0.5, 0.6) is 0 Å². The Labute approximate surface area is 140 Å². The quantitative estimate of drug-likeness (QED) is 0.851. The Morgan fingerprint density at radius 3 is 2.36 bits per heavy atom. The van der Waals surface area contributed by atoms with Crippen LogP contribution in [0.1, 0.15) is 6.42 Å². The molecule has 0 bridgehead atoms. The van der Waals surface area contributed by atoms with Gasteiger partial charge in [-0.05, 0) is 24.3 Å². The van der Waals surface area contributed by atoms with Crippen LogP contribution in [0.4, 0.5) is 28.9 Å². The van der Waals surface area contributed by atoms with E-state index >= 15 is 0 Å². The third kappa shape index (κ3) is 3.62. The van der Waals surface area contributed by atoms with Crippen molar-refractivity contribution in [2.24, 2.45) is 5.10 Å². The highest BCUT2D eigenvalue weighted by Gasteiger charge is 2.45. The fraction of sp³-hybridized carbons (Fsp3) is 0.176. The second-order valence-electron chi connectivity index (χ2n) is 5.41. The number of carbonyl (C=O) groups is 1. The van der Waals surface area contributed by atoms with Crippen molar-refractivity contribution < 1.29 is 22.4 Å².